The third-order valence-electron chi connectivity index (χ3n) is 5.35. The van der Waals surface area contributed by atoms with Crippen LogP contribution in [0, 0.1) is 5.92 Å². The lowest BCUT2D eigenvalue weighted by atomic mass is 9.96. The van der Waals surface area contributed by atoms with Gasteiger partial charge >= 0.3 is 0 Å². The second-order valence-corrected chi connectivity index (χ2v) is 7.31. The van der Waals surface area contributed by atoms with Crippen LogP contribution in [0.5, 0.6) is 0 Å². The molecule has 29 heavy (non-hydrogen) atoms. The van der Waals surface area contributed by atoms with Gasteiger partial charge in [0.1, 0.15) is 0 Å². The lowest BCUT2D eigenvalue weighted by Crippen LogP contribution is -2.41. The normalized spacial score (nSPS) is 14.6. The molecule has 0 radical (unpaired) electrons. The van der Waals surface area contributed by atoms with E-state index < -0.39 is 0 Å². The van der Waals surface area contributed by atoms with E-state index in [9.17, 15) is 4.79 Å². The van der Waals surface area contributed by atoms with Crippen LogP contribution in [0.4, 0.5) is 5.82 Å². The molecule has 1 aliphatic heterocycles. The summed E-state index contributed by atoms with van der Waals surface area (Å²) in [5.74, 6) is 1.10. The maximum Gasteiger partial charge on any atom is 0.223 e. The third-order valence-corrected chi connectivity index (χ3v) is 5.35. The summed E-state index contributed by atoms with van der Waals surface area (Å²) in [7, 11) is 0. The summed E-state index contributed by atoms with van der Waals surface area (Å²) in [6, 6.07) is 18.1. The van der Waals surface area contributed by atoms with Gasteiger partial charge in [0.15, 0.2) is 5.82 Å². The predicted molar refractivity (Wildman–Crippen MR) is 113 cm³/mol. The highest BCUT2D eigenvalue weighted by atomic mass is 16.1. The topological polar surface area (TPSA) is 71.0 Å². The lowest BCUT2D eigenvalue weighted by Gasteiger charge is -2.31. The summed E-state index contributed by atoms with van der Waals surface area (Å²) >= 11 is 0. The van der Waals surface area contributed by atoms with Crippen LogP contribution in [0.3, 0.4) is 0 Å². The van der Waals surface area contributed by atoms with Crippen molar-refractivity contribution in [3.05, 3.63) is 72.6 Å². The molecule has 6 heteroatoms. The van der Waals surface area contributed by atoms with Crippen molar-refractivity contribution in [3.8, 4) is 11.3 Å². The first kappa shape index (κ1) is 19.1. The van der Waals surface area contributed by atoms with E-state index in [1.807, 2.05) is 42.5 Å². The van der Waals surface area contributed by atoms with E-state index in [1.165, 1.54) is 5.56 Å². The molecule has 6 nitrogen and oxygen atoms in total. The molecule has 2 aromatic heterocycles. The highest BCUT2D eigenvalue weighted by Crippen LogP contribution is 2.23. The number of pyridine rings is 1. The van der Waals surface area contributed by atoms with Gasteiger partial charge in [0.25, 0.3) is 0 Å². The molecule has 1 amide bonds. The molecule has 0 aliphatic carbocycles. The van der Waals surface area contributed by atoms with E-state index in [0.29, 0.717) is 6.54 Å². The van der Waals surface area contributed by atoms with E-state index in [1.54, 1.807) is 12.4 Å². The molecular weight excluding hydrogens is 362 g/mol. The number of carbonyl (C=O) groups excluding carboxylic acids is 1. The minimum absolute atomic E-state index is 0.0737. The Morgan fingerprint density at radius 3 is 2.52 bits per heavy atom. The Morgan fingerprint density at radius 1 is 1.00 bits per heavy atom. The first-order chi connectivity index (χ1) is 14.3. The molecule has 0 spiro atoms. The predicted octanol–water partition coefficient (Wildman–Crippen LogP) is 3.11. The molecule has 1 saturated heterocycles. The minimum atomic E-state index is 0.0737. The lowest BCUT2D eigenvalue weighted by molar-refractivity contribution is -0.125. The van der Waals surface area contributed by atoms with Crippen molar-refractivity contribution in [1.29, 1.82) is 0 Å². The summed E-state index contributed by atoms with van der Waals surface area (Å²) < 4.78 is 0. The Bertz CT molecular complexity index is 907. The van der Waals surface area contributed by atoms with Gasteiger partial charge in [0.2, 0.25) is 5.91 Å². The summed E-state index contributed by atoms with van der Waals surface area (Å²) in [5.41, 5.74) is 3.02. The summed E-state index contributed by atoms with van der Waals surface area (Å²) in [6.07, 6.45) is 6.07. The number of carbonyl (C=O) groups is 1. The van der Waals surface area contributed by atoms with Crippen LogP contribution < -0.4 is 10.2 Å². The maximum atomic E-state index is 12.5. The molecular formula is C23H25N5O. The van der Waals surface area contributed by atoms with Crippen LogP contribution in [0.15, 0.2) is 67.0 Å². The molecule has 1 aliphatic rings. The van der Waals surface area contributed by atoms with Crippen molar-refractivity contribution in [2.75, 3.05) is 24.5 Å². The number of hydrogen-bond donors (Lipinski definition) is 1. The van der Waals surface area contributed by atoms with Gasteiger partial charge in [-0.2, -0.15) is 0 Å². The standard InChI is InChI=1S/C23H25N5O/c29-23(25-14-10-18-5-2-1-3-6-18)19-11-15-28(16-12-19)22-9-8-21(26-27-22)20-7-4-13-24-17-20/h1-9,13,17,19H,10-12,14-16H2,(H,25,29). The highest BCUT2D eigenvalue weighted by Gasteiger charge is 2.25. The third kappa shape index (κ3) is 4.96. The number of benzene rings is 1. The van der Waals surface area contributed by atoms with Gasteiger partial charge in [-0.1, -0.05) is 30.3 Å². The number of anilines is 1. The Balaban J connectivity index is 1.25. The van der Waals surface area contributed by atoms with Crippen LogP contribution in [0.1, 0.15) is 18.4 Å². The van der Waals surface area contributed by atoms with Gasteiger partial charge in [-0.15, -0.1) is 10.2 Å². The number of hydrogen-bond acceptors (Lipinski definition) is 5. The molecule has 0 unspecified atom stereocenters. The number of rotatable bonds is 6. The quantitative estimate of drug-likeness (QED) is 0.704. The van der Waals surface area contributed by atoms with Gasteiger partial charge in [0, 0.05) is 43.5 Å². The summed E-state index contributed by atoms with van der Waals surface area (Å²) in [5, 5.41) is 11.8. The van der Waals surface area contributed by atoms with Gasteiger partial charge in [-0.25, -0.2) is 0 Å². The number of nitrogens with zero attached hydrogens (tertiary/aromatic N) is 4. The zero-order chi connectivity index (χ0) is 19.9. The molecule has 4 rings (SSSR count). The monoisotopic (exact) mass is 387 g/mol. The van der Waals surface area contributed by atoms with E-state index in [-0.39, 0.29) is 11.8 Å². The summed E-state index contributed by atoms with van der Waals surface area (Å²) in [6.45, 7) is 2.32. The molecule has 1 aromatic carbocycles. The minimum Gasteiger partial charge on any atom is -0.356 e. The maximum absolute atomic E-state index is 12.5. The Kier molecular flexibility index (Phi) is 6.10. The van der Waals surface area contributed by atoms with Crippen LogP contribution in [0.25, 0.3) is 11.3 Å². The fraction of sp³-hybridized carbons (Fsp3) is 0.304. The van der Waals surface area contributed by atoms with E-state index in [0.717, 1.165) is 49.4 Å². The van der Waals surface area contributed by atoms with Crippen molar-refractivity contribution < 1.29 is 4.79 Å². The molecule has 3 aromatic rings. The van der Waals surface area contributed by atoms with Crippen molar-refractivity contribution in [1.82, 2.24) is 20.5 Å². The average Bonchev–Trinajstić information content (AvgIpc) is 2.80. The number of nitrogens with one attached hydrogen (secondary N) is 1. The van der Waals surface area contributed by atoms with Crippen molar-refractivity contribution in [2.45, 2.75) is 19.3 Å². The van der Waals surface area contributed by atoms with Crippen molar-refractivity contribution >= 4 is 11.7 Å². The Hall–Kier alpha value is -3.28. The highest BCUT2D eigenvalue weighted by molar-refractivity contribution is 5.79. The Morgan fingerprint density at radius 2 is 1.83 bits per heavy atom. The SMILES string of the molecule is O=C(NCCc1ccccc1)C1CCN(c2ccc(-c3cccnc3)nn2)CC1. The van der Waals surface area contributed by atoms with Crippen molar-refractivity contribution in [3.63, 3.8) is 0 Å². The summed E-state index contributed by atoms with van der Waals surface area (Å²) in [4.78, 5) is 18.8. The van der Waals surface area contributed by atoms with Crippen LogP contribution in [-0.4, -0.2) is 40.7 Å². The molecule has 1 fully saturated rings. The molecule has 3 heterocycles. The largest absolute Gasteiger partial charge is 0.356 e. The van der Waals surface area contributed by atoms with Gasteiger partial charge in [0.05, 0.1) is 5.69 Å². The number of piperidine rings is 1. The fourth-order valence-corrected chi connectivity index (χ4v) is 3.65. The van der Waals surface area contributed by atoms with E-state index in [2.05, 4.69) is 37.5 Å². The van der Waals surface area contributed by atoms with E-state index >= 15 is 0 Å². The first-order valence-corrected chi connectivity index (χ1v) is 10.1. The molecule has 0 saturated carbocycles. The second kappa shape index (κ2) is 9.28. The van der Waals surface area contributed by atoms with Crippen LogP contribution in [-0.2, 0) is 11.2 Å². The number of amides is 1. The van der Waals surface area contributed by atoms with Crippen LogP contribution in [0.2, 0.25) is 0 Å². The van der Waals surface area contributed by atoms with Gasteiger partial charge < -0.3 is 10.2 Å². The fourth-order valence-electron chi connectivity index (χ4n) is 3.65. The average molecular weight is 387 g/mol. The van der Waals surface area contributed by atoms with Gasteiger partial charge in [-0.3, -0.25) is 9.78 Å². The van der Waals surface area contributed by atoms with E-state index in [4.69, 9.17) is 0 Å². The zero-order valence-electron chi connectivity index (χ0n) is 16.4. The molecule has 148 valence electrons. The Labute approximate surface area is 171 Å². The van der Waals surface area contributed by atoms with Crippen molar-refractivity contribution in [2.24, 2.45) is 5.92 Å². The zero-order valence-corrected chi connectivity index (χ0v) is 16.4. The molecule has 0 bridgehead atoms. The molecule has 0 atom stereocenters. The smallest absolute Gasteiger partial charge is 0.223 e. The number of aromatic nitrogens is 3. The first-order valence-electron chi connectivity index (χ1n) is 10.1. The van der Waals surface area contributed by atoms with Gasteiger partial charge in [-0.05, 0) is 49.1 Å². The van der Waals surface area contributed by atoms with Crippen LogP contribution >= 0.6 is 0 Å². The molecule has 1 N–H and O–H groups in total. The second-order valence-electron chi connectivity index (χ2n) is 7.31.